The lowest BCUT2D eigenvalue weighted by Crippen LogP contribution is -1.82. The zero-order chi connectivity index (χ0) is 10.8. The van der Waals surface area contributed by atoms with Gasteiger partial charge in [-0.15, -0.1) is 0 Å². The number of carbonyl (C=O) groups is 1. The van der Waals surface area contributed by atoms with Gasteiger partial charge in [0.15, 0.2) is 0 Å². The van der Waals surface area contributed by atoms with E-state index in [9.17, 15) is 4.79 Å². The van der Waals surface area contributed by atoms with Crippen molar-refractivity contribution in [2.24, 2.45) is 0 Å². The molecule has 0 fully saturated rings. The third-order valence-electron chi connectivity index (χ3n) is 1.72. The third-order valence-corrected chi connectivity index (χ3v) is 2.46. The fourth-order valence-corrected chi connectivity index (χ4v) is 1.33. The second-order valence-corrected chi connectivity index (χ2v) is 3.52. The van der Waals surface area contributed by atoms with Gasteiger partial charge in [-0.05, 0) is 18.2 Å². The van der Waals surface area contributed by atoms with Crippen molar-refractivity contribution < 1.29 is 9.32 Å². The Balaban J connectivity index is 2.44. The number of carbonyl (C=O) groups excluding carboxylic acids is 1. The number of rotatable bonds is 2. The average Bonchev–Trinajstić information content (AvgIpc) is 2.70. The van der Waals surface area contributed by atoms with Gasteiger partial charge in [0.25, 0.3) is 5.89 Å². The molecule has 2 aromatic rings. The molecule has 0 saturated heterocycles. The number of nitrogens with zero attached hydrogens (tertiary/aromatic N) is 2. The van der Waals surface area contributed by atoms with Crippen molar-refractivity contribution >= 4 is 29.5 Å². The van der Waals surface area contributed by atoms with Gasteiger partial charge >= 0.3 is 0 Å². The van der Waals surface area contributed by atoms with Crippen LogP contribution in [-0.4, -0.2) is 16.4 Å². The molecule has 76 valence electrons. The van der Waals surface area contributed by atoms with Crippen LogP contribution in [0.3, 0.4) is 0 Å². The van der Waals surface area contributed by atoms with E-state index in [0.29, 0.717) is 27.7 Å². The number of aldehydes is 1. The lowest BCUT2D eigenvalue weighted by molar-refractivity contribution is 0.108. The highest BCUT2D eigenvalue weighted by atomic mass is 35.5. The van der Waals surface area contributed by atoms with Crippen molar-refractivity contribution in [3.63, 3.8) is 0 Å². The van der Waals surface area contributed by atoms with Gasteiger partial charge in [0.1, 0.15) is 0 Å². The van der Waals surface area contributed by atoms with E-state index >= 15 is 0 Å². The van der Waals surface area contributed by atoms with E-state index in [1.807, 2.05) is 0 Å². The van der Waals surface area contributed by atoms with Crippen LogP contribution in [0.15, 0.2) is 22.7 Å². The lowest BCUT2D eigenvalue weighted by Gasteiger charge is -1.97. The molecule has 0 amide bonds. The summed E-state index contributed by atoms with van der Waals surface area (Å²) in [5.74, 6) is 0.228. The maximum atomic E-state index is 10.3. The van der Waals surface area contributed by atoms with Crippen LogP contribution in [0.4, 0.5) is 0 Å². The molecule has 0 saturated carbocycles. The molecule has 0 aliphatic heterocycles. The molecule has 0 N–H and O–H groups in total. The molecule has 0 aliphatic carbocycles. The van der Waals surface area contributed by atoms with Crippen LogP contribution >= 0.6 is 23.2 Å². The first-order valence-electron chi connectivity index (χ1n) is 3.95. The molecule has 1 aromatic heterocycles. The summed E-state index contributed by atoms with van der Waals surface area (Å²) in [7, 11) is 0. The van der Waals surface area contributed by atoms with Gasteiger partial charge in [-0.1, -0.05) is 28.4 Å². The molecular formula is C9H4Cl2N2O2. The highest BCUT2D eigenvalue weighted by molar-refractivity contribution is 6.42. The summed E-state index contributed by atoms with van der Waals surface area (Å²) in [6.45, 7) is 0. The number of aromatic nitrogens is 2. The van der Waals surface area contributed by atoms with Crippen molar-refractivity contribution in [3.05, 3.63) is 34.1 Å². The molecule has 6 heteroatoms. The van der Waals surface area contributed by atoms with E-state index in [1.54, 1.807) is 18.2 Å². The van der Waals surface area contributed by atoms with Crippen LogP contribution in [-0.2, 0) is 0 Å². The molecule has 4 nitrogen and oxygen atoms in total. The van der Waals surface area contributed by atoms with Gasteiger partial charge in [0, 0.05) is 5.56 Å². The van der Waals surface area contributed by atoms with Gasteiger partial charge in [0.05, 0.1) is 10.0 Å². The summed E-state index contributed by atoms with van der Waals surface area (Å²) in [5, 5.41) is 4.45. The zero-order valence-electron chi connectivity index (χ0n) is 7.28. The van der Waals surface area contributed by atoms with Crippen LogP contribution in [0.25, 0.3) is 11.4 Å². The second kappa shape index (κ2) is 4.00. The lowest BCUT2D eigenvalue weighted by atomic mass is 10.2. The molecule has 0 atom stereocenters. The largest absolute Gasteiger partial charge is 0.331 e. The van der Waals surface area contributed by atoms with Gasteiger partial charge in [0.2, 0.25) is 12.1 Å². The number of hydrogen-bond donors (Lipinski definition) is 0. The molecule has 0 bridgehead atoms. The average molecular weight is 243 g/mol. The molecule has 0 spiro atoms. The minimum absolute atomic E-state index is 0.0731. The van der Waals surface area contributed by atoms with Crippen molar-refractivity contribution in [2.75, 3.05) is 0 Å². The first-order valence-corrected chi connectivity index (χ1v) is 4.70. The molecule has 1 heterocycles. The Morgan fingerprint density at radius 2 is 2.07 bits per heavy atom. The number of benzene rings is 1. The monoisotopic (exact) mass is 242 g/mol. The summed E-state index contributed by atoms with van der Waals surface area (Å²) in [6.07, 6.45) is 0.480. The van der Waals surface area contributed by atoms with E-state index in [2.05, 4.69) is 14.7 Å². The van der Waals surface area contributed by atoms with E-state index in [1.165, 1.54) is 0 Å². The minimum Gasteiger partial charge on any atom is -0.331 e. The first-order chi connectivity index (χ1) is 7.20. The molecule has 1 aromatic carbocycles. The maximum absolute atomic E-state index is 10.3. The number of halogens is 2. The van der Waals surface area contributed by atoms with Crippen LogP contribution in [0.2, 0.25) is 10.0 Å². The van der Waals surface area contributed by atoms with E-state index in [4.69, 9.17) is 23.2 Å². The summed E-state index contributed by atoms with van der Waals surface area (Å²) in [6, 6.07) is 4.91. The highest BCUT2D eigenvalue weighted by Crippen LogP contribution is 2.26. The molecule has 0 radical (unpaired) electrons. The fraction of sp³-hybridized carbons (Fsp3) is 0. The second-order valence-electron chi connectivity index (χ2n) is 2.70. The van der Waals surface area contributed by atoms with Crippen LogP contribution < -0.4 is 0 Å². The topological polar surface area (TPSA) is 56.0 Å². The van der Waals surface area contributed by atoms with E-state index < -0.39 is 0 Å². The smallest absolute Gasteiger partial charge is 0.291 e. The van der Waals surface area contributed by atoms with Crippen LogP contribution in [0.5, 0.6) is 0 Å². The molecular weight excluding hydrogens is 239 g/mol. The van der Waals surface area contributed by atoms with Crippen molar-refractivity contribution in [3.8, 4) is 11.4 Å². The van der Waals surface area contributed by atoms with Gasteiger partial charge in [-0.2, -0.15) is 4.98 Å². The molecule has 0 unspecified atom stereocenters. The van der Waals surface area contributed by atoms with Crippen molar-refractivity contribution in [1.29, 1.82) is 0 Å². The number of hydrogen-bond acceptors (Lipinski definition) is 4. The third kappa shape index (κ3) is 2.00. The summed E-state index contributed by atoms with van der Waals surface area (Å²) >= 11 is 11.6. The van der Waals surface area contributed by atoms with E-state index in [-0.39, 0.29) is 5.89 Å². The predicted molar refractivity (Wildman–Crippen MR) is 55.1 cm³/mol. The van der Waals surface area contributed by atoms with Gasteiger partial charge < -0.3 is 4.52 Å². The molecule has 0 aliphatic rings. The Bertz CT molecular complexity index is 511. The summed E-state index contributed by atoms with van der Waals surface area (Å²) in [4.78, 5) is 14.2. The Labute approximate surface area is 94.8 Å². The van der Waals surface area contributed by atoms with Crippen LogP contribution in [0, 0.1) is 0 Å². The van der Waals surface area contributed by atoms with Gasteiger partial charge in [-0.3, -0.25) is 4.79 Å². The Morgan fingerprint density at radius 3 is 2.67 bits per heavy atom. The predicted octanol–water partition coefficient (Wildman–Crippen LogP) is 2.86. The minimum atomic E-state index is -0.0731. The van der Waals surface area contributed by atoms with Crippen molar-refractivity contribution in [1.82, 2.24) is 10.1 Å². The quantitative estimate of drug-likeness (QED) is 0.761. The standard InChI is InChI=1S/C9H4Cl2N2O2/c10-6-2-1-5(3-7(6)11)9-12-8(4-14)15-13-9/h1-4H. The van der Waals surface area contributed by atoms with Crippen LogP contribution in [0.1, 0.15) is 10.7 Å². The maximum Gasteiger partial charge on any atom is 0.291 e. The highest BCUT2D eigenvalue weighted by Gasteiger charge is 2.09. The van der Waals surface area contributed by atoms with E-state index in [0.717, 1.165) is 0 Å². The van der Waals surface area contributed by atoms with Gasteiger partial charge in [-0.25, -0.2) is 0 Å². The normalized spacial score (nSPS) is 10.3. The Hall–Kier alpha value is -1.39. The Morgan fingerprint density at radius 1 is 1.27 bits per heavy atom. The van der Waals surface area contributed by atoms with Crippen molar-refractivity contribution in [2.45, 2.75) is 0 Å². The summed E-state index contributed by atoms with van der Waals surface area (Å²) < 4.78 is 4.63. The Kier molecular flexibility index (Phi) is 2.70. The molecule has 15 heavy (non-hydrogen) atoms. The summed E-state index contributed by atoms with van der Waals surface area (Å²) in [5.41, 5.74) is 0.640. The molecule has 2 rings (SSSR count). The SMILES string of the molecule is O=Cc1nc(-c2ccc(Cl)c(Cl)c2)no1. The fourth-order valence-electron chi connectivity index (χ4n) is 1.04. The first kappa shape index (κ1) is 10.1. The zero-order valence-corrected chi connectivity index (χ0v) is 8.79.